The van der Waals surface area contributed by atoms with E-state index < -0.39 is 0 Å². The third-order valence-electron chi connectivity index (χ3n) is 3.84. The summed E-state index contributed by atoms with van der Waals surface area (Å²) >= 11 is 0. The van der Waals surface area contributed by atoms with Crippen LogP contribution in [-0.4, -0.2) is 40.8 Å². The van der Waals surface area contributed by atoms with E-state index in [-0.39, 0.29) is 24.9 Å². The normalized spacial score (nSPS) is 10.8. The predicted octanol–water partition coefficient (Wildman–Crippen LogP) is 3.25. The number of aliphatic hydroxyl groups excluding tert-OH is 1. The van der Waals surface area contributed by atoms with Crippen LogP contribution in [0.25, 0.3) is 22.2 Å². The summed E-state index contributed by atoms with van der Waals surface area (Å²) in [6.45, 7) is 4.06. The number of amides is 1. The van der Waals surface area contributed by atoms with E-state index in [1.165, 1.54) is 17.0 Å². The lowest BCUT2D eigenvalue weighted by Crippen LogP contribution is -2.33. The lowest BCUT2D eigenvalue weighted by molar-refractivity contribution is 0.0743. The van der Waals surface area contributed by atoms with Gasteiger partial charge in [0.05, 0.1) is 12.0 Å². The molecule has 128 valence electrons. The Morgan fingerprint density at radius 2 is 2.04 bits per heavy atom. The molecule has 3 rings (SSSR count). The molecular formula is C19H17FN2O3. The van der Waals surface area contributed by atoms with E-state index >= 15 is 0 Å². The molecule has 0 spiro atoms. The average Bonchev–Trinajstić information content (AvgIpc) is 3.05. The topological polar surface area (TPSA) is 66.6 Å². The molecule has 1 N–H and O–H groups in total. The van der Waals surface area contributed by atoms with Crippen molar-refractivity contribution in [3.05, 3.63) is 66.5 Å². The fourth-order valence-electron chi connectivity index (χ4n) is 2.62. The van der Waals surface area contributed by atoms with Gasteiger partial charge in [-0.15, -0.1) is 6.58 Å². The highest BCUT2D eigenvalue weighted by Crippen LogP contribution is 2.29. The average molecular weight is 340 g/mol. The van der Waals surface area contributed by atoms with Crippen molar-refractivity contribution in [2.24, 2.45) is 0 Å². The second-order valence-electron chi connectivity index (χ2n) is 5.51. The Kier molecular flexibility index (Phi) is 4.90. The monoisotopic (exact) mass is 340 g/mol. The van der Waals surface area contributed by atoms with Gasteiger partial charge in [0.2, 0.25) is 0 Å². The van der Waals surface area contributed by atoms with Gasteiger partial charge in [0.15, 0.2) is 5.76 Å². The van der Waals surface area contributed by atoms with Crippen LogP contribution >= 0.6 is 0 Å². The van der Waals surface area contributed by atoms with Crippen LogP contribution in [0.2, 0.25) is 0 Å². The van der Waals surface area contributed by atoms with Gasteiger partial charge in [0.1, 0.15) is 11.3 Å². The lowest BCUT2D eigenvalue weighted by Gasteiger charge is -2.19. The van der Waals surface area contributed by atoms with Crippen LogP contribution in [-0.2, 0) is 0 Å². The van der Waals surface area contributed by atoms with Gasteiger partial charge in [-0.25, -0.2) is 4.39 Å². The van der Waals surface area contributed by atoms with Crippen LogP contribution in [0.15, 0.2) is 59.6 Å². The molecule has 0 saturated carbocycles. The second-order valence-corrected chi connectivity index (χ2v) is 5.51. The number of hydrogen-bond donors (Lipinski definition) is 1. The zero-order valence-corrected chi connectivity index (χ0v) is 13.5. The van der Waals surface area contributed by atoms with Gasteiger partial charge in [-0.3, -0.25) is 4.79 Å². The predicted molar refractivity (Wildman–Crippen MR) is 92.6 cm³/mol. The summed E-state index contributed by atoms with van der Waals surface area (Å²) in [4.78, 5) is 14.1. The Morgan fingerprint density at radius 1 is 1.28 bits per heavy atom. The maximum absolute atomic E-state index is 13.1. The Bertz CT molecular complexity index is 903. The minimum atomic E-state index is -0.340. The molecule has 0 saturated heterocycles. The van der Waals surface area contributed by atoms with Crippen LogP contribution < -0.4 is 0 Å². The molecule has 0 atom stereocenters. The summed E-state index contributed by atoms with van der Waals surface area (Å²) in [5, 5.41) is 13.8. The van der Waals surface area contributed by atoms with Crippen molar-refractivity contribution in [1.82, 2.24) is 10.1 Å². The van der Waals surface area contributed by atoms with Crippen molar-refractivity contribution in [3.8, 4) is 11.3 Å². The van der Waals surface area contributed by atoms with E-state index in [4.69, 9.17) is 9.63 Å². The molecule has 1 aromatic heterocycles. The molecule has 1 amide bonds. The zero-order chi connectivity index (χ0) is 17.8. The van der Waals surface area contributed by atoms with Gasteiger partial charge in [0, 0.05) is 24.2 Å². The summed E-state index contributed by atoms with van der Waals surface area (Å²) < 4.78 is 18.5. The summed E-state index contributed by atoms with van der Waals surface area (Å²) in [5.74, 6) is -0.0864. The fraction of sp³-hybridized carbons (Fsp3) is 0.158. The molecule has 0 fully saturated rings. The highest BCUT2D eigenvalue weighted by Gasteiger charge is 2.17. The second kappa shape index (κ2) is 7.27. The third kappa shape index (κ3) is 3.44. The first-order valence-corrected chi connectivity index (χ1v) is 7.80. The first-order valence-electron chi connectivity index (χ1n) is 7.80. The fourth-order valence-corrected chi connectivity index (χ4v) is 2.62. The molecule has 3 aromatic rings. The van der Waals surface area contributed by atoms with E-state index in [1.54, 1.807) is 36.4 Å². The number of halogens is 1. The Hall–Kier alpha value is -2.99. The van der Waals surface area contributed by atoms with Crippen molar-refractivity contribution >= 4 is 16.8 Å². The van der Waals surface area contributed by atoms with Gasteiger partial charge in [-0.1, -0.05) is 11.2 Å². The van der Waals surface area contributed by atoms with E-state index in [9.17, 15) is 9.18 Å². The SMILES string of the molecule is C=CCN(CCO)C(=O)c1ccc2noc(-c3ccc(F)cc3)c2c1. The summed E-state index contributed by atoms with van der Waals surface area (Å²) in [7, 11) is 0. The molecule has 0 unspecified atom stereocenters. The molecule has 0 radical (unpaired) electrons. The van der Waals surface area contributed by atoms with Crippen molar-refractivity contribution in [2.75, 3.05) is 19.7 Å². The number of carbonyl (C=O) groups excluding carboxylic acids is 1. The first kappa shape index (κ1) is 16.9. The van der Waals surface area contributed by atoms with Gasteiger partial charge >= 0.3 is 0 Å². The number of aromatic nitrogens is 1. The number of benzene rings is 2. The van der Waals surface area contributed by atoms with Gasteiger partial charge in [0.25, 0.3) is 5.91 Å². The molecule has 2 aromatic carbocycles. The molecule has 1 heterocycles. The Morgan fingerprint density at radius 3 is 2.72 bits per heavy atom. The van der Waals surface area contributed by atoms with Gasteiger partial charge in [-0.05, 0) is 42.5 Å². The third-order valence-corrected chi connectivity index (χ3v) is 3.84. The number of rotatable bonds is 6. The Balaban J connectivity index is 2.01. The smallest absolute Gasteiger partial charge is 0.254 e. The van der Waals surface area contributed by atoms with Crippen LogP contribution in [0.1, 0.15) is 10.4 Å². The Labute approximate surface area is 144 Å². The van der Waals surface area contributed by atoms with E-state index in [1.807, 2.05) is 0 Å². The van der Waals surface area contributed by atoms with Crippen LogP contribution in [0.4, 0.5) is 4.39 Å². The zero-order valence-electron chi connectivity index (χ0n) is 13.5. The molecule has 0 aliphatic rings. The molecule has 25 heavy (non-hydrogen) atoms. The number of fused-ring (bicyclic) bond motifs is 1. The molecule has 0 bridgehead atoms. The summed E-state index contributed by atoms with van der Waals surface area (Å²) in [5.41, 5.74) is 1.73. The van der Waals surface area contributed by atoms with Gasteiger partial charge < -0.3 is 14.5 Å². The maximum atomic E-state index is 13.1. The minimum absolute atomic E-state index is 0.129. The highest BCUT2D eigenvalue weighted by molar-refractivity contribution is 6.01. The van der Waals surface area contributed by atoms with Gasteiger partial charge in [-0.2, -0.15) is 0 Å². The minimum Gasteiger partial charge on any atom is -0.395 e. The summed E-state index contributed by atoms with van der Waals surface area (Å²) in [6, 6.07) is 10.9. The molecule has 0 aliphatic carbocycles. The molecule has 6 heteroatoms. The van der Waals surface area contributed by atoms with Crippen LogP contribution in [0.3, 0.4) is 0 Å². The van der Waals surface area contributed by atoms with E-state index in [0.29, 0.717) is 34.3 Å². The van der Waals surface area contributed by atoms with Crippen molar-refractivity contribution in [3.63, 3.8) is 0 Å². The summed E-state index contributed by atoms with van der Waals surface area (Å²) in [6.07, 6.45) is 1.61. The first-order chi connectivity index (χ1) is 12.1. The molecule has 5 nitrogen and oxygen atoms in total. The molecular weight excluding hydrogens is 323 g/mol. The van der Waals surface area contributed by atoms with Crippen LogP contribution in [0.5, 0.6) is 0 Å². The standard InChI is InChI=1S/C19H17FN2O3/c1-2-9-22(10-11-23)19(24)14-5-8-17-16(12-14)18(25-21-17)13-3-6-15(20)7-4-13/h2-8,12,23H,1,9-11H2. The number of hydrogen-bond acceptors (Lipinski definition) is 4. The number of aliphatic hydroxyl groups is 1. The van der Waals surface area contributed by atoms with E-state index in [0.717, 1.165) is 0 Å². The lowest BCUT2D eigenvalue weighted by atomic mass is 10.1. The highest BCUT2D eigenvalue weighted by atomic mass is 19.1. The quantitative estimate of drug-likeness (QED) is 0.700. The van der Waals surface area contributed by atoms with Crippen LogP contribution in [0, 0.1) is 5.82 Å². The largest absolute Gasteiger partial charge is 0.395 e. The van der Waals surface area contributed by atoms with Crippen molar-refractivity contribution in [1.29, 1.82) is 0 Å². The van der Waals surface area contributed by atoms with Crippen molar-refractivity contribution in [2.45, 2.75) is 0 Å². The number of nitrogens with zero attached hydrogens (tertiary/aromatic N) is 2. The number of carbonyl (C=O) groups is 1. The van der Waals surface area contributed by atoms with Crippen molar-refractivity contribution < 1.29 is 18.8 Å². The van der Waals surface area contributed by atoms with E-state index in [2.05, 4.69) is 11.7 Å². The molecule has 0 aliphatic heterocycles. The maximum Gasteiger partial charge on any atom is 0.254 e.